The summed E-state index contributed by atoms with van der Waals surface area (Å²) in [5, 5.41) is 8.72. The zero-order chi connectivity index (χ0) is 15.6. The molecule has 0 aromatic carbocycles. The number of carbonyl (C=O) groups excluding carboxylic acids is 2. The summed E-state index contributed by atoms with van der Waals surface area (Å²) in [5.41, 5.74) is 0.157. The number of rotatable bonds is 9. The molecule has 0 bridgehead atoms. The van der Waals surface area contributed by atoms with Crippen LogP contribution in [0, 0.1) is 10.2 Å². The zero-order valence-electron chi connectivity index (χ0n) is 11.9. The van der Waals surface area contributed by atoms with Gasteiger partial charge in [-0.05, 0) is 0 Å². The molecular formula is C13H19NO5Se. The first-order valence-electron chi connectivity index (χ1n) is 6.10. The average molecular weight is 348 g/mol. The van der Waals surface area contributed by atoms with Crippen LogP contribution in [-0.4, -0.2) is 39.5 Å². The fourth-order valence-corrected chi connectivity index (χ4v) is 2.05. The summed E-state index contributed by atoms with van der Waals surface area (Å²) in [5.74, 6) is -3.20. The van der Waals surface area contributed by atoms with E-state index in [1.165, 1.54) is 13.8 Å². The van der Waals surface area contributed by atoms with Gasteiger partial charge in [-0.3, -0.25) is 0 Å². The van der Waals surface area contributed by atoms with Crippen molar-refractivity contribution in [2.75, 3.05) is 6.61 Å². The monoisotopic (exact) mass is 349 g/mol. The predicted molar refractivity (Wildman–Crippen MR) is 72.4 cm³/mol. The fraction of sp³-hybridized carbons (Fsp3) is 0.615. The molecule has 0 aromatic rings. The van der Waals surface area contributed by atoms with Crippen molar-refractivity contribution in [2.24, 2.45) is 0 Å². The third-order valence-electron chi connectivity index (χ3n) is 2.03. The van der Waals surface area contributed by atoms with Gasteiger partial charge in [-0.2, -0.15) is 0 Å². The van der Waals surface area contributed by atoms with Gasteiger partial charge in [0.1, 0.15) is 0 Å². The Kier molecular flexibility index (Phi) is 8.89. The average Bonchev–Trinajstić information content (AvgIpc) is 2.35. The molecule has 0 radical (unpaired) electrons. The molecule has 7 heteroatoms. The summed E-state index contributed by atoms with van der Waals surface area (Å²) >= 11 is -0.545. The Morgan fingerprint density at radius 3 is 2.45 bits per heavy atom. The number of ether oxygens (including phenoxy) is 3. The second-order valence-electron chi connectivity index (χ2n) is 4.03. The Labute approximate surface area is 125 Å². The van der Waals surface area contributed by atoms with Crippen LogP contribution in [0.3, 0.4) is 0 Å². The quantitative estimate of drug-likeness (QED) is 0.207. The number of esters is 2. The number of nitrogens with zero attached hydrogens (tertiary/aromatic N) is 1. The number of unbranched alkanes of at least 4 members (excludes halogenated alkanes) is 1. The number of hydrogen-bond acceptors (Lipinski definition) is 6. The van der Waals surface area contributed by atoms with Crippen molar-refractivity contribution in [1.29, 1.82) is 5.26 Å². The second kappa shape index (κ2) is 9.54. The van der Waals surface area contributed by atoms with Crippen molar-refractivity contribution in [3.63, 3.8) is 0 Å². The molecule has 0 N–H and O–H groups in total. The SMILES string of the molecule is C=C(C)C(=O)OC(C[Se]C#N)(OCCCC)OC(C)=O. The Morgan fingerprint density at radius 2 is 2.00 bits per heavy atom. The molecule has 0 fully saturated rings. The van der Waals surface area contributed by atoms with Gasteiger partial charge in [0.05, 0.1) is 0 Å². The minimum absolute atomic E-state index is 0.0127. The van der Waals surface area contributed by atoms with Crippen LogP contribution in [0.25, 0.3) is 0 Å². The van der Waals surface area contributed by atoms with Crippen molar-refractivity contribution in [2.45, 2.75) is 44.9 Å². The van der Waals surface area contributed by atoms with E-state index in [1.807, 2.05) is 11.9 Å². The van der Waals surface area contributed by atoms with Crippen LogP contribution in [0.4, 0.5) is 0 Å². The van der Waals surface area contributed by atoms with Gasteiger partial charge in [-0.15, -0.1) is 0 Å². The fourth-order valence-electron chi connectivity index (χ4n) is 1.12. The summed E-state index contributed by atoms with van der Waals surface area (Å²) in [4.78, 5) is 24.8. The molecular weight excluding hydrogens is 329 g/mol. The van der Waals surface area contributed by atoms with E-state index in [0.717, 1.165) is 6.42 Å². The molecule has 0 rings (SSSR count). The Bertz CT molecular complexity index is 404. The predicted octanol–water partition coefficient (Wildman–Crippen LogP) is 1.74. The van der Waals surface area contributed by atoms with Crippen LogP contribution >= 0.6 is 0 Å². The van der Waals surface area contributed by atoms with E-state index in [1.54, 1.807) is 0 Å². The zero-order valence-corrected chi connectivity index (χ0v) is 13.6. The molecule has 1 unspecified atom stereocenters. The van der Waals surface area contributed by atoms with E-state index in [0.29, 0.717) is 6.42 Å². The van der Waals surface area contributed by atoms with Crippen molar-refractivity contribution in [3.8, 4) is 4.97 Å². The van der Waals surface area contributed by atoms with Gasteiger partial charge in [-0.1, -0.05) is 0 Å². The van der Waals surface area contributed by atoms with Gasteiger partial charge in [0.2, 0.25) is 0 Å². The van der Waals surface area contributed by atoms with E-state index in [9.17, 15) is 9.59 Å². The van der Waals surface area contributed by atoms with Crippen LogP contribution in [0.1, 0.15) is 33.6 Å². The van der Waals surface area contributed by atoms with E-state index in [4.69, 9.17) is 19.5 Å². The molecule has 112 valence electrons. The first-order valence-corrected chi connectivity index (χ1v) is 8.17. The Morgan fingerprint density at radius 1 is 1.35 bits per heavy atom. The molecule has 0 aliphatic carbocycles. The number of carbonyl (C=O) groups is 2. The number of nitriles is 1. The maximum absolute atomic E-state index is 11.7. The molecule has 6 nitrogen and oxygen atoms in total. The molecule has 0 spiro atoms. The third kappa shape index (κ3) is 7.29. The van der Waals surface area contributed by atoms with Gasteiger partial charge < -0.3 is 0 Å². The first kappa shape index (κ1) is 18.6. The molecule has 20 heavy (non-hydrogen) atoms. The molecule has 0 aliphatic heterocycles. The second-order valence-corrected chi connectivity index (χ2v) is 5.62. The molecule has 0 heterocycles. The van der Waals surface area contributed by atoms with Crippen LogP contribution in [-0.2, 0) is 23.8 Å². The molecule has 0 aliphatic rings. The summed E-state index contributed by atoms with van der Waals surface area (Å²) in [6.45, 7) is 8.35. The Balaban J connectivity index is 5.06. The third-order valence-corrected chi connectivity index (χ3v) is 3.34. The van der Waals surface area contributed by atoms with Crippen molar-refractivity contribution >= 4 is 26.9 Å². The molecule has 0 amide bonds. The molecule has 1 atom stereocenters. The number of hydrogen-bond donors (Lipinski definition) is 0. The normalized spacial score (nSPS) is 12.9. The topological polar surface area (TPSA) is 85.6 Å². The van der Waals surface area contributed by atoms with Gasteiger partial charge in [0.15, 0.2) is 0 Å². The van der Waals surface area contributed by atoms with E-state index < -0.39 is 32.9 Å². The van der Waals surface area contributed by atoms with E-state index in [2.05, 4.69) is 6.58 Å². The van der Waals surface area contributed by atoms with Crippen molar-refractivity contribution in [1.82, 2.24) is 0 Å². The van der Waals surface area contributed by atoms with E-state index in [-0.39, 0.29) is 17.5 Å². The van der Waals surface area contributed by atoms with E-state index >= 15 is 0 Å². The maximum atomic E-state index is 11.7. The summed E-state index contributed by atoms with van der Waals surface area (Å²) in [7, 11) is 0. The summed E-state index contributed by atoms with van der Waals surface area (Å²) < 4.78 is 15.6. The Hall–Kier alpha value is -1.35. The molecule has 0 saturated carbocycles. The first-order chi connectivity index (χ1) is 9.37. The van der Waals surface area contributed by atoms with Gasteiger partial charge in [0, 0.05) is 0 Å². The standard InChI is InChI=1S/C13H19NO5Se/c1-5-6-7-17-13(8-20-9-14,18-11(4)15)19-12(16)10(2)3/h2,5-8H2,1,3-4H3. The van der Waals surface area contributed by atoms with Gasteiger partial charge >= 0.3 is 125 Å². The minimum atomic E-state index is -1.83. The van der Waals surface area contributed by atoms with Gasteiger partial charge in [-0.25, -0.2) is 0 Å². The molecule has 0 aromatic heterocycles. The van der Waals surface area contributed by atoms with Crippen LogP contribution in [0.5, 0.6) is 0 Å². The summed E-state index contributed by atoms with van der Waals surface area (Å²) in [6, 6.07) is 0. The van der Waals surface area contributed by atoms with Gasteiger partial charge in [0.25, 0.3) is 0 Å². The summed E-state index contributed by atoms with van der Waals surface area (Å²) in [6.07, 6.45) is 1.58. The van der Waals surface area contributed by atoms with Crippen LogP contribution in [0.2, 0.25) is 5.32 Å². The van der Waals surface area contributed by atoms with Crippen molar-refractivity contribution in [3.05, 3.63) is 12.2 Å². The van der Waals surface area contributed by atoms with Crippen LogP contribution < -0.4 is 0 Å². The van der Waals surface area contributed by atoms with Crippen LogP contribution in [0.15, 0.2) is 12.2 Å². The molecule has 0 saturated heterocycles. The van der Waals surface area contributed by atoms with Crippen molar-refractivity contribution < 1.29 is 23.8 Å².